The van der Waals surface area contributed by atoms with E-state index in [0.29, 0.717) is 5.32 Å². The summed E-state index contributed by atoms with van der Waals surface area (Å²) in [6, 6.07) is 0. The maximum absolute atomic E-state index is 12.6. The zero-order valence-corrected chi connectivity index (χ0v) is 9.88. The molecule has 1 N–H and O–H groups in total. The van der Waals surface area contributed by atoms with Crippen molar-refractivity contribution in [2.45, 2.75) is 31.0 Å². The Kier molecular flexibility index (Phi) is 5.21. The van der Waals surface area contributed by atoms with Crippen LogP contribution in [0.3, 0.4) is 0 Å². The highest BCUT2D eigenvalue weighted by Gasteiger charge is 2.60. The van der Waals surface area contributed by atoms with Gasteiger partial charge in [-0.2, -0.15) is 22.0 Å². The van der Waals surface area contributed by atoms with E-state index in [1.807, 2.05) is 0 Å². The number of halogens is 8. The molecule has 1 amide bonds. The van der Waals surface area contributed by atoms with Gasteiger partial charge in [0.25, 0.3) is 5.91 Å². The Bertz CT molecular complexity index is 371. The van der Waals surface area contributed by atoms with Gasteiger partial charge in [0.05, 0.1) is 5.88 Å². The van der Waals surface area contributed by atoms with E-state index in [1.54, 1.807) is 0 Å². The molecular weight excluding hydrogens is 311 g/mol. The van der Waals surface area contributed by atoms with Crippen LogP contribution in [0.15, 0.2) is 0 Å². The van der Waals surface area contributed by atoms with Crippen molar-refractivity contribution in [3.8, 4) is 0 Å². The number of amides is 1. The van der Waals surface area contributed by atoms with Crippen molar-refractivity contribution in [2.75, 3.05) is 5.88 Å². The summed E-state index contributed by atoms with van der Waals surface area (Å²) in [5, 5.41) is 0.578. The normalized spacial score (nSPS) is 16.1. The van der Waals surface area contributed by atoms with Crippen molar-refractivity contribution in [3.63, 3.8) is 0 Å². The second-order valence-corrected chi connectivity index (χ2v) is 3.82. The van der Waals surface area contributed by atoms with Crippen LogP contribution < -0.4 is 5.32 Å². The molecule has 0 heterocycles. The quantitative estimate of drug-likeness (QED) is 0.624. The number of Topliss-reactive ketones (excluding diaryl/α,β-unsaturated/α-hetero) is 1. The second kappa shape index (κ2) is 5.51. The van der Waals surface area contributed by atoms with Gasteiger partial charge in [-0.1, -0.05) is 0 Å². The van der Waals surface area contributed by atoms with E-state index in [9.17, 15) is 40.3 Å². The van der Waals surface area contributed by atoms with E-state index in [1.165, 1.54) is 0 Å². The number of hydrogen-bond acceptors (Lipinski definition) is 2. The monoisotopic (exact) mass is 317 g/mol. The van der Waals surface area contributed by atoms with Gasteiger partial charge in [-0.05, 0) is 6.92 Å². The fraction of sp³-hybridized carbons (Fsp3) is 0.750. The summed E-state index contributed by atoms with van der Waals surface area (Å²) in [6.07, 6.45) is -10.00. The topological polar surface area (TPSA) is 46.2 Å². The number of carbonyl (C=O) groups is 2. The van der Waals surface area contributed by atoms with Crippen molar-refractivity contribution in [1.29, 1.82) is 0 Å². The molecule has 0 fully saturated rings. The molecule has 0 saturated heterocycles. The minimum absolute atomic E-state index is 0.0527. The Labute approximate surface area is 107 Å². The summed E-state index contributed by atoms with van der Waals surface area (Å²) in [5.74, 6) is -11.4. The van der Waals surface area contributed by atoms with E-state index in [4.69, 9.17) is 11.6 Å². The van der Waals surface area contributed by atoms with Crippen molar-refractivity contribution < 1.29 is 40.3 Å². The van der Waals surface area contributed by atoms with Crippen LogP contribution in [0.1, 0.15) is 6.92 Å². The lowest BCUT2D eigenvalue weighted by atomic mass is 9.96. The molecule has 0 radical (unpaired) electrons. The number of nitrogens with one attached hydrogen (secondary N) is 1. The second-order valence-electron chi connectivity index (χ2n) is 3.56. The van der Waals surface area contributed by atoms with Crippen molar-refractivity contribution >= 4 is 23.3 Å². The molecule has 0 aromatic rings. The van der Waals surface area contributed by atoms with Crippen molar-refractivity contribution in [2.24, 2.45) is 0 Å². The third kappa shape index (κ3) is 3.48. The smallest absolute Gasteiger partial charge is 0.331 e. The van der Waals surface area contributed by atoms with E-state index in [-0.39, 0.29) is 6.92 Å². The Morgan fingerprint density at radius 1 is 1.16 bits per heavy atom. The predicted molar refractivity (Wildman–Crippen MR) is 49.3 cm³/mol. The van der Waals surface area contributed by atoms with Crippen LogP contribution in [0, 0.1) is 0 Å². The van der Waals surface area contributed by atoms with Gasteiger partial charge in [0.15, 0.2) is 11.3 Å². The van der Waals surface area contributed by atoms with Crippen LogP contribution in [0.4, 0.5) is 30.7 Å². The minimum atomic E-state index is -5.48. The summed E-state index contributed by atoms with van der Waals surface area (Å²) in [7, 11) is 0. The molecule has 1 unspecified atom stereocenters. The van der Waals surface area contributed by atoms with E-state index < -0.39 is 41.6 Å². The van der Waals surface area contributed by atoms with Crippen LogP contribution in [-0.2, 0) is 9.59 Å². The molecule has 0 aromatic heterocycles. The Morgan fingerprint density at radius 2 is 1.58 bits per heavy atom. The maximum Gasteiger partial charge on any atom is 0.418 e. The van der Waals surface area contributed by atoms with Gasteiger partial charge in [-0.3, -0.25) is 9.59 Å². The molecule has 1 atom stereocenters. The zero-order valence-electron chi connectivity index (χ0n) is 9.12. The first-order chi connectivity index (χ1) is 8.30. The van der Waals surface area contributed by atoms with Crippen LogP contribution in [0.25, 0.3) is 0 Å². The first-order valence-electron chi connectivity index (χ1n) is 4.45. The number of rotatable bonds is 5. The molecule has 0 spiro atoms. The van der Waals surface area contributed by atoms with Gasteiger partial charge in [-0.25, -0.2) is 8.78 Å². The first kappa shape index (κ1) is 17.9. The summed E-state index contributed by atoms with van der Waals surface area (Å²) >= 11 is 4.87. The molecule has 0 bridgehead atoms. The first-order valence-corrected chi connectivity index (χ1v) is 4.98. The largest absolute Gasteiger partial charge is 0.418 e. The minimum Gasteiger partial charge on any atom is -0.331 e. The standard InChI is InChI=1S/C8H7ClF7NO2/c1-6(3(18)2-9,8(14,15)16)17-5(19)7(12,13)4(10)11/h4H,2H2,1H3,(H,17,19). The molecule has 112 valence electrons. The van der Waals surface area contributed by atoms with Gasteiger partial charge >= 0.3 is 18.5 Å². The van der Waals surface area contributed by atoms with Crippen molar-refractivity contribution in [1.82, 2.24) is 5.32 Å². The van der Waals surface area contributed by atoms with Gasteiger partial charge in [-0.15, -0.1) is 11.6 Å². The highest BCUT2D eigenvalue weighted by atomic mass is 35.5. The molecular formula is C8H7ClF7NO2. The Hall–Kier alpha value is -1.06. The lowest BCUT2D eigenvalue weighted by molar-refractivity contribution is -0.204. The number of alkyl halides is 8. The average Bonchev–Trinajstić information content (AvgIpc) is 2.25. The summed E-state index contributed by atoms with van der Waals surface area (Å²) in [5.41, 5.74) is -3.77. The average molecular weight is 318 g/mol. The lowest BCUT2D eigenvalue weighted by Gasteiger charge is -2.32. The van der Waals surface area contributed by atoms with Crippen LogP contribution in [0.2, 0.25) is 0 Å². The predicted octanol–water partition coefficient (Wildman–Crippen LogP) is 2.13. The zero-order chi connectivity index (χ0) is 15.6. The van der Waals surface area contributed by atoms with Gasteiger partial charge in [0.2, 0.25) is 0 Å². The van der Waals surface area contributed by atoms with Crippen LogP contribution >= 0.6 is 11.6 Å². The highest BCUT2D eigenvalue weighted by molar-refractivity contribution is 6.29. The number of ketones is 1. The Morgan fingerprint density at radius 3 is 1.84 bits per heavy atom. The fourth-order valence-corrected chi connectivity index (χ4v) is 1.11. The molecule has 11 heteroatoms. The maximum atomic E-state index is 12.6. The number of hydrogen-bond donors (Lipinski definition) is 1. The molecule has 0 aliphatic rings. The molecule has 3 nitrogen and oxygen atoms in total. The number of carbonyl (C=O) groups excluding carboxylic acids is 2. The lowest BCUT2D eigenvalue weighted by Crippen LogP contribution is -2.65. The van der Waals surface area contributed by atoms with Crippen molar-refractivity contribution in [3.05, 3.63) is 0 Å². The summed E-state index contributed by atoms with van der Waals surface area (Å²) < 4.78 is 86.4. The van der Waals surface area contributed by atoms with Crippen LogP contribution in [0.5, 0.6) is 0 Å². The van der Waals surface area contributed by atoms with Gasteiger partial charge < -0.3 is 5.32 Å². The highest BCUT2D eigenvalue weighted by Crippen LogP contribution is 2.33. The molecule has 0 aliphatic heterocycles. The Balaban J connectivity index is 5.40. The molecule has 0 saturated carbocycles. The third-order valence-electron chi connectivity index (χ3n) is 2.19. The van der Waals surface area contributed by atoms with E-state index >= 15 is 0 Å². The molecule has 0 aromatic carbocycles. The third-order valence-corrected chi connectivity index (χ3v) is 2.43. The molecule has 0 aliphatic carbocycles. The van der Waals surface area contributed by atoms with Gasteiger partial charge in [0.1, 0.15) is 0 Å². The van der Waals surface area contributed by atoms with E-state index in [0.717, 1.165) is 0 Å². The SMILES string of the molecule is CC(NC(=O)C(F)(F)C(F)F)(C(=O)CCl)C(F)(F)F. The fourth-order valence-electron chi connectivity index (χ4n) is 0.842. The van der Waals surface area contributed by atoms with Crippen LogP contribution in [-0.4, -0.2) is 41.6 Å². The summed E-state index contributed by atoms with van der Waals surface area (Å²) in [4.78, 5) is 21.8. The van der Waals surface area contributed by atoms with Gasteiger partial charge in [0, 0.05) is 0 Å². The molecule has 19 heavy (non-hydrogen) atoms. The summed E-state index contributed by atoms with van der Waals surface area (Å²) in [6.45, 7) is 0.0527. The van der Waals surface area contributed by atoms with E-state index in [2.05, 4.69) is 0 Å². The molecule has 0 rings (SSSR count).